The second-order valence-electron chi connectivity index (χ2n) is 6.93. The molecule has 0 aliphatic carbocycles. The van der Waals surface area contributed by atoms with Crippen LogP contribution in [-0.4, -0.2) is 29.8 Å². The van der Waals surface area contributed by atoms with Gasteiger partial charge in [0.05, 0.1) is 5.56 Å². The predicted molar refractivity (Wildman–Crippen MR) is 99.5 cm³/mol. The highest BCUT2D eigenvalue weighted by Gasteiger charge is 2.29. The summed E-state index contributed by atoms with van der Waals surface area (Å²) >= 11 is 0. The molecule has 0 spiro atoms. The van der Waals surface area contributed by atoms with E-state index in [1.165, 1.54) is 4.90 Å². The second kappa shape index (κ2) is 7.86. The Balaban J connectivity index is 1.60. The molecule has 4 nitrogen and oxygen atoms in total. The summed E-state index contributed by atoms with van der Waals surface area (Å²) in [5, 5.41) is 2.97. The van der Waals surface area contributed by atoms with Gasteiger partial charge in [-0.1, -0.05) is 12.1 Å². The van der Waals surface area contributed by atoms with Gasteiger partial charge in [0.1, 0.15) is 11.6 Å². The van der Waals surface area contributed by atoms with E-state index in [0.29, 0.717) is 32.0 Å². The number of hydrogen-bond donors (Lipinski definition) is 1. The summed E-state index contributed by atoms with van der Waals surface area (Å²) in [5.41, 5.74) is 2.79. The lowest BCUT2D eigenvalue weighted by Crippen LogP contribution is -2.41. The van der Waals surface area contributed by atoms with Crippen LogP contribution in [0.4, 0.5) is 14.5 Å². The fraction of sp³-hybridized carbons (Fsp3) is 0.333. The Morgan fingerprint density at radius 2 is 1.78 bits per heavy atom. The van der Waals surface area contributed by atoms with Crippen molar-refractivity contribution in [3.8, 4) is 0 Å². The maximum atomic E-state index is 13.8. The Hall–Kier alpha value is -2.76. The summed E-state index contributed by atoms with van der Waals surface area (Å²) in [4.78, 5) is 26.5. The molecule has 0 atom stereocenters. The zero-order valence-corrected chi connectivity index (χ0v) is 15.4. The molecular weight excluding hydrogens is 350 g/mol. The number of carbonyl (C=O) groups excluding carboxylic acids is 2. The molecule has 1 aliphatic rings. The number of carbonyl (C=O) groups is 2. The van der Waals surface area contributed by atoms with Crippen LogP contribution in [0.25, 0.3) is 0 Å². The predicted octanol–water partition coefficient (Wildman–Crippen LogP) is 4.07. The summed E-state index contributed by atoms with van der Waals surface area (Å²) in [7, 11) is 0. The largest absolute Gasteiger partial charge is 0.339 e. The third kappa shape index (κ3) is 4.15. The third-order valence-corrected chi connectivity index (χ3v) is 5.18. The molecule has 2 amide bonds. The van der Waals surface area contributed by atoms with E-state index in [4.69, 9.17) is 0 Å². The number of piperidine rings is 1. The van der Waals surface area contributed by atoms with E-state index in [1.807, 2.05) is 32.0 Å². The molecule has 142 valence electrons. The van der Waals surface area contributed by atoms with Crippen LogP contribution in [0.2, 0.25) is 0 Å². The lowest BCUT2D eigenvalue weighted by atomic mass is 9.95. The molecule has 1 fully saturated rings. The third-order valence-electron chi connectivity index (χ3n) is 5.18. The van der Waals surface area contributed by atoms with Crippen molar-refractivity contribution in [2.24, 2.45) is 5.92 Å². The molecule has 2 aromatic carbocycles. The first kappa shape index (κ1) is 19.0. The van der Waals surface area contributed by atoms with Gasteiger partial charge in [-0.3, -0.25) is 9.59 Å². The number of rotatable bonds is 3. The number of benzene rings is 2. The summed E-state index contributed by atoms with van der Waals surface area (Å²) in [6.45, 7) is 4.67. The quantitative estimate of drug-likeness (QED) is 0.883. The van der Waals surface area contributed by atoms with Crippen LogP contribution in [0.1, 0.15) is 34.3 Å². The van der Waals surface area contributed by atoms with Crippen LogP contribution >= 0.6 is 0 Å². The van der Waals surface area contributed by atoms with Gasteiger partial charge in [0.15, 0.2) is 0 Å². The summed E-state index contributed by atoms with van der Waals surface area (Å²) in [5.74, 6) is -2.32. The van der Waals surface area contributed by atoms with Crippen LogP contribution < -0.4 is 5.32 Å². The molecular formula is C21H22F2N2O2. The zero-order valence-electron chi connectivity index (χ0n) is 15.4. The number of nitrogens with zero attached hydrogens (tertiary/aromatic N) is 1. The number of hydrogen-bond acceptors (Lipinski definition) is 2. The van der Waals surface area contributed by atoms with Crippen molar-refractivity contribution in [2.45, 2.75) is 26.7 Å². The van der Waals surface area contributed by atoms with Crippen molar-refractivity contribution in [3.05, 3.63) is 64.7 Å². The molecule has 0 radical (unpaired) electrons. The fourth-order valence-corrected chi connectivity index (χ4v) is 3.30. The number of amides is 2. The number of halogens is 2. The number of anilines is 1. The van der Waals surface area contributed by atoms with Gasteiger partial charge in [0.25, 0.3) is 5.91 Å². The molecule has 3 rings (SSSR count). The highest BCUT2D eigenvalue weighted by molar-refractivity contribution is 5.95. The van der Waals surface area contributed by atoms with Crippen LogP contribution in [-0.2, 0) is 4.79 Å². The van der Waals surface area contributed by atoms with E-state index in [0.717, 1.165) is 28.9 Å². The van der Waals surface area contributed by atoms with Gasteiger partial charge in [-0.25, -0.2) is 8.78 Å². The Morgan fingerprint density at radius 1 is 1.07 bits per heavy atom. The minimum absolute atomic E-state index is 0.0660. The Labute approximate surface area is 157 Å². The van der Waals surface area contributed by atoms with E-state index in [2.05, 4.69) is 5.32 Å². The van der Waals surface area contributed by atoms with E-state index < -0.39 is 17.5 Å². The average Bonchev–Trinajstić information content (AvgIpc) is 2.65. The number of aryl methyl sites for hydroxylation is 1. The van der Waals surface area contributed by atoms with Gasteiger partial charge in [-0.2, -0.15) is 0 Å². The van der Waals surface area contributed by atoms with E-state index in [-0.39, 0.29) is 17.4 Å². The van der Waals surface area contributed by atoms with Gasteiger partial charge in [-0.05, 0) is 56.0 Å². The van der Waals surface area contributed by atoms with Crippen molar-refractivity contribution in [1.82, 2.24) is 4.90 Å². The Bertz CT molecular complexity index is 874. The highest BCUT2D eigenvalue weighted by atomic mass is 19.1. The smallest absolute Gasteiger partial charge is 0.256 e. The SMILES string of the molecule is Cc1cccc(NC(=O)C2CCN(C(=O)c3ccc(F)cc3F)CC2)c1C. The lowest BCUT2D eigenvalue weighted by molar-refractivity contribution is -0.121. The molecule has 1 saturated heterocycles. The second-order valence-corrected chi connectivity index (χ2v) is 6.93. The number of likely N-dealkylation sites (tertiary alicyclic amines) is 1. The molecule has 6 heteroatoms. The van der Waals surface area contributed by atoms with Crippen molar-refractivity contribution in [1.29, 1.82) is 0 Å². The van der Waals surface area contributed by atoms with Crippen molar-refractivity contribution < 1.29 is 18.4 Å². The first-order valence-corrected chi connectivity index (χ1v) is 8.98. The molecule has 0 aromatic heterocycles. The van der Waals surface area contributed by atoms with Gasteiger partial charge < -0.3 is 10.2 Å². The maximum Gasteiger partial charge on any atom is 0.256 e. The molecule has 2 aromatic rings. The van der Waals surface area contributed by atoms with Gasteiger partial charge in [0, 0.05) is 30.8 Å². The van der Waals surface area contributed by atoms with E-state index in [9.17, 15) is 18.4 Å². The monoisotopic (exact) mass is 372 g/mol. The van der Waals surface area contributed by atoms with Crippen molar-refractivity contribution >= 4 is 17.5 Å². The van der Waals surface area contributed by atoms with Crippen molar-refractivity contribution in [2.75, 3.05) is 18.4 Å². The molecule has 1 aliphatic heterocycles. The van der Waals surface area contributed by atoms with Crippen molar-refractivity contribution in [3.63, 3.8) is 0 Å². The maximum absolute atomic E-state index is 13.8. The zero-order chi connectivity index (χ0) is 19.6. The fourth-order valence-electron chi connectivity index (χ4n) is 3.30. The molecule has 1 N–H and O–H groups in total. The van der Waals surface area contributed by atoms with Gasteiger partial charge in [-0.15, -0.1) is 0 Å². The van der Waals surface area contributed by atoms with Crippen LogP contribution in [0.15, 0.2) is 36.4 Å². The van der Waals surface area contributed by atoms with E-state index >= 15 is 0 Å². The highest BCUT2D eigenvalue weighted by Crippen LogP contribution is 2.24. The van der Waals surface area contributed by atoms with Crippen LogP contribution in [0, 0.1) is 31.4 Å². The Morgan fingerprint density at radius 3 is 2.44 bits per heavy atom. The molecule has 0 bridgehead atoms. The minimum Gasteiger partial charge on any atom is -0.339 e. The molecule has 27 heavy (non-hydrogen) atoms. The normalized spacial score (nSPS) is 14.9. The number of nitrogens with one attached hydrogen (secondary N) is 1. The standard InChI is InChI=1S/C21H22F2N2O2/c1-13-4-3-5-19(14(13)2)24-20(26)15-8-10-25(11-9-15)21(27)17-7-6-16(22)12-18(17)23/h3-7,12,15H,8-11H2,1-2H3,(H,24,26). The van der Waals surface area contributed by atoms with Gasteiger partial charge in [0.2, 0.25) is 5.91 Å². The topological polar surface area (TPSA) is 49.4 Å². The summed E-state index contributed by atoms with van der Waals surface area (Å²) in [6, 6.07) is 8.70. The Kier molecular flexibility index (Phi) is 5.54. The summed E-state index contributed by atoms with van der Waals surface area (Å²) in [6.07, 6.45) is 1.01. The summed E-state index contributed by atoms with van der Waals surface area (Å²) < 4.78 is 26.8. The first-order valence-electron chi connectivity index (χ1n) is 8.98. The molecule has 0 unspecified atom stereocenters. The van der Waals surface area contributed by atoms with Crippen LogP contribution in [0.3, 0.4) is 0 Å². The van der Waals surface area contributed by atoms with Gasteiger partial charge >= 0.3 is 0 Å². The first-order chi connectivity index (χ1) is 12.9. The van der Waals surface area contributed by atoms with E-state index in [1.54, 1.807) is 0 Å². The molecule has 0 saturated carbocycles. The van der Waals surface area contributed by atoms with Crippen LogP contribution in [0.5, 0.6) is 0 Å². The average molecular weight is 372 g/mol. The molecule has 1 heterocycles. The minimum atomic E-state index is -0.866. The lowest BCUT2D eigenvalue weighted by Gasteiger charge is -2.31.